The van der Waals surface area contributed by atoms with E-state index in [-0.39, 0.29) is 5.91 Å². The number of nitrogens with one attached hydrogen (secondary N) is 1. The van der Waals surface area contributed by atoms with E-state index in [1.54, 1.807) is 6.33 Å². The second-order valence-corrected chi connectivity index (χ2v) is 12.1. The zero-order valence-corrected chi connectivity index (χ0v) is 25.2. The van der Waals surface area contributed by atoms with Gasteiger partial charge in [0.1, 0.15) is 22.7 Å². The van der Waals surface area contributed by atoms with E-state index in [1.807, 2.05) is 30.5 Å². The number of likely N-dealkylation sites (tertiary alicyclic amines) is 1. The monoisotopic (exact) mass is 589 g/mol. The molecule has 222 valence electrons. The van der Waals surface area contributed by atoms with E-state index in [4.69, 9.17) is 9.47 Å². The summed E-state index contributed by atoms with van der Waals surface area (Å²) in [6.07, 6.45) is 10.3. The molecule has 0 unspecified atom stereocenters. The Hall–Kier alpha value is -3.54. The van der Waals surface area contributed by atoms with Crippen molar-refractivity contribution in [2.45, 2.75) is 52.2 Å². The van der Waals surface area contributed by atoms with E-state index in [1.165, 1.54) is 22.5 Å². The van der Waals surface area contributed by atoms with E-state index >= 15 is 0 Å². The van der Waals surface area contributed by atoms with E-state index in [0.717, 1.165) is 77.7 Å². The number of benzene rings is 1. The third kappa shape index (κ3) is 6.43. The Morgan fingerprint density at radius 1 is 1.14 bits per heavy atom. The maximum atomic E-state index is 13.2. The van der Waals surface area contributed by atoms with Crippen LogP contribution in [0.3, 0.4) is 0 Å². The van der Waals surface area contributed by atoms with Crippen molar-refractivity contribution in [3.63, 3.8) is 0 Å². The number of carbonyl (C=O) groups excluding carboxylic acids is 1. The highest BCUT2D eigenvalue weighted by atomic mass is 32.1. The van der Waals surface area contributed by atoms with Crippen molar-refractivity contribution in [2.75, 3.05) is 51.3 Å². The van der Waals surface area contributed by atoms with Crippen LogP contribution in [0.4, 0.5) is 5.82 Å². The molecule has 11 heteroatoms. The molecule has 1 amide bonds. The number of aryl methyl sites for hydroxylation is 1. The standard InChI is InChI=1S/C31H39N7O3S/c1-3-14-41-26-5-4-23(17-24(26)19-37-11-8-32-21-37)18-36-9-6-25(7-10-36)35-29-27-22(2)28(42-30(27)34-20-33-29)31(39)38-12-15-40-16-13-38/h4-5,8,11,17,20-21,25H,3,6-7,9-10,12-16,18-19H2,1-2H3,(H,33,34,35). The molecule has 0 bridgehead atoms. The van der Waals surface area contributed by atoms with Gasteiger partial charge in [0.2, 0.25) is 0 Å². The molecule has 10 nitrogen and oxygen atoms in total. The first kappa shape index (κ1) is 28.6. The maximum Gasteiger partial charge on any atom is 0.264 e. The molecule has 3 aromatic heterocycles. The van der Waals surface area contributed by atoms with Gasteiger partial charge in [0.25, 0.3) is 5.91 Å². The lowest BCUT2D eigenvalue weighted by Crippen LogP contribution is -2.40. The number of hydrogen-bond acceptors (Lipinski definition) is 9. The largest absolute Gasteiger partial charge is 0.493 e. The minimum Gasteiger partial charge on any atom is -0.493 e. The van der Waals surface area contributed by atoms with Gasteiger partial charge in [-0.1, -0.05) is 13.0 Å². The summed E-state index contributed by atoms with van der Waals surface area (Å²) in [5.41, 5.74) is 3.44. The van der Waals surface area contributed by atoms with Crippen LogP contribution in [0.2, 0.25) is 0 Å². The Balaban J connectivity index is 1.09. The SMILES string of the molecule is CCCOc1ccc(CN2CCC(Nc3ncnc4sc(C(=O)N5CCOCC5)c(C)c34)CC2)cc1Cn1ccnc1. The third-order valence-corrected chi connectivity index (χ3v) is 9.24. The van der Waals surface area contributed by atoms with Gasteiger partial charge in [-0.15, -0.1) is 11.3 Å². The fourth-order valence-electron chi connectivity index (χ4n) is 5.77. The van der Waals surface area contributed by atoms with Gasteiger partial charge in [-0.2, -0.15) is 0 Å². The number of aromatic nitrogens is 4. The fraction of sp³-hybridized carbons (Fsp3) is 0.484. The molecular formula is C31H39N7O3S. The highest BCUT2D eigenvalue weighted by Gasteiger charge is 2.26. The van der Waals surface area contributed by atoms with E-state index < -0.39 is 0 Å². The number of ether oxygens (including phenoxy) is 2. The first-order chi connectivity index (χ1) is 20.6. The quantitative estimate of drug-likeness (QED) is 0.287. The molecule has 6 rings (SSSR count). The summed E-state index contributed by atoms with van der Waals surface area (Å²) in [6, 6.07) is 6.91. The predicted molar refractivity (Wildman–Crippen MR) is 164 cm³/mol. The third-order valence-electron chi connectivity index (χ3n) is 8.05. The number of carbonyl (C=O) groups is 1. The molecule has 0 atom stereocenters. The van der Waals surface area contributed by atoms with Crippen molar-refractivity contribution in [3.05, 3.63) is 64.8 Å². The van der Waals surface area contributed by atoms with Crippen LogP contribution in [0.25, 0.3) is 10.2 Å². The number of fused-ring (bicyclic) bond motifs is 1. The molecule has 2 aliphatic rings. The van der Waals surface area contributed by atoms with Crippen LogP contribution in [0.1, 0.15) is 52.5 Å². The van der Waals surface area contributed by atoms with Crippen LogP contribution < -0.4 is 10.1 Å². The Kier molecular flexibility index (Phi) is 8.97. The van der Waals surface area contributed by atoms with Gasteiger partial charge < -0.3 is 24.3 Å². The zero-order valence-electron chi connectivity index (χ0n) is 24.4. The lowest BCUT2D eigenvalue weighted by Gasteiger charge is -2.33. The molecule has 0 spiro atoms. The minimum atomic E-state index is 0.0659. The van der Waals surface area contributed by atoms with E-state index in [0.29, 0.717) is 39.0 Å². The summed E-state index contributed by atoms with van der Waals surface area (Å²) in [7, 11) is 0. The normalized spacial score (nSPS) is 16.7. The van der Waals surface area contributed by atoms with Crippen molar-refractivity contribution < 1.29 is 14.3 Å². The number of morpholine rings is 1. The average Bonchev–Trinajstić information content (AvgIpc) is 3.66. The molecule has 2 fully saturated rings. The van der Waals surface area contributed by atoms with E-state index in [2.05, 4.69) is 54.9 Å². The van der Waals surface area contributed by atoms with Gasteiger partial charge in [-0.05, 0) is 49.4 Å². The number of thiophene rings is 1. The molecule has 42 heavy (non-hydrogen) atoms. The van der Waals surface area contributed by atoms with Crippen molar-refractivity contribution in [3.8, 4) is 5.75 Å². The van der Waals surface area contributed by atoms with Crippen LogP contribution in [-0.2, 0) is 17.8 Å². The number of piperidine rings is 1. The zero-order chi connectivity index (χ0) is 28.9. The first-order valence-electron chi connectivity index (χ1n) is 14.9. The van der Waals surface area contributed by atoms with Crippen LogP contribution in [-0.4, -0.2) is 87.3 Å². The Morgan fingerprint density at radius 2 is 1.98 bits per heavy atom. The summed E-state index contributed by atoms with van der Waals surface area (Å²) in [6.45, 7) is 11.0. The number of amides is 1. The van der Waals surface area contributed by atoms with Crippen LogP contribution in [0.15, 0.2) is 43.2 Å². The lowest BCUT2D eigenvalue weighted by molar-refractivity contribution is 0.0306. The average molecular weight is 590 g/mol. The number of nitrogens with zero attached hydrogens (tertiary/aromatic N) is 6. The van der Waals surface area contributed by atoms with Crippen molar-refractivity contribution in [1.82, 2.24) is 29.3 Å². The number of hydrogen-bond donors (Lipinski definition) is 1. The molecule has 0 aliphatic carbocycles. The number of imidazole rings is 1. The van der Waals surface area contributed by atoms with Gasteiger partial charge in [-0.25, -0.2) is 15.0 Å². The van der Waals surface area contributed by atoms with Gasteiger partial charge in [0, 0.05) is 56.7 Å². The minimum absolute atomic E-state index is 0.0659. The molecule has 4 aromatic rings. The Labute approximate surface area is 250 Å². The molecule has 0 radical (unpaired) electrons. The first-order valence-corrected chi connectivity index (χ1v) is 15.7. The smallest absolute Gasteiger partial charge is 0.264 e. The molecular weight excluding hydrogens is 550 g/mol. The second-order valence-electron chi connectivity index (χ2n) is 11.1. The van der Waals surface area contributed by atoms with Crippen molar-refractivity contribution in [2.24, 2.45) is 0 Å². The van der Waals surface area contributed by atoms with Gasteiger partial charge in [0.05, 0.1) is 43.0 Å². The molecule has 1 N–H and O–H groups in total. The second kappa shape index (κ2) is 13.2. The predicted octanol–water partition coefficient (Wildman–Crippen LogP) is 4.58. The number of anilines is 1. The Morgan fingerprint density at radius 3 is 2.74 bits per heavy atom. The Bertz CT molecular complexity index is 1490. The van der Waals surface area contributed by atoms with E-state index in [9.17, 15) is 4.79 Å². The van der Waals surface area contributed by atoms with Gasteiger partial charge in [-0.3, -0.25) is 9.69 Å². The molecule has 2 aliphatic heterocycles. The summed E-state index contributed by atoms with van der Waals surface area (Å²) in [5.74, 6) is 1.85. The fourth-order valence-corrected chi connectivity index (χ4v) is 6.88. The summed E-state index contributed by atoms with van der Waals surface area (Å²) in [4.78, 5) is 32.6. The molecule has 5 heterocycles. The maximum absolute atomic E-state index is 13.2. The summed E-state index contributed by atoms with van der Waals surface area (Å²) >= 11 is 1.47. The van der Waals surface area contributed by atoms with Gasteiger partial charge >= 0.3 is 0 Å². The van der Waals surface area contributed by atoms with Crippen molar-refractivity contribution in [1.29, 1.82) is 0 Å². The molecule has 0 saturated carbocycles. The molecule has 1 aromatic carbocycles. The topological polar surface area (TPSA) is 97.6 Å². The van der Waals surface area contributed by atoms with Gasteiger partial charge in [0.15, 0.2) is 0 Å². The summed E-state index contributed by atoms with van der Waals surface area (Å²) < 4.78 is 13.5. The molecule has 2 saturated heterocycles. The summed E-state index contributed by atoms with van der Waals surface area (Å²) in [5, 5.41) is 4.67. The van der Waals surface area contributed by atoms with Crippen LogP contribution >= 0.6 is 11.3 Å². The van der Waals surface area contributed by atoms with Crippen LogP contribution in [0.5, 0.6) is 5.75 Å². The van der Waals surface area contributed by atoms with Crippen LogP contribution in [0, 0.1) is 6.92 Å². The van der Waals surface area contributed by atoms with Crippen molar-refractivity contribution >= 4 is 33.3 Å². The lowest BCUT2D eigenvalue weighted by atomic mass is 10.0. The highest BCUT2D eigenvalue weighted by Crippen LogP contribution is 2.35. The highest BCUT2D eigenvalue weighted by molar-refractivity contribution is 7.20. The number of rotatable bonds is 10.